The second-order valence-corrected chi connectivity index (χ2v) is 2.79. The van der Waals surface area contributed by atoms with Gasteiger partial charge in [0.15, 0.2) is 0 Å². The van der Waals surface area contributed by atoms with Gasteiger partial charge in [0.2, 0.25) is 0 Å². The Balaban J connectivity index is 1.95. The van der Waals surface area contributed by atoms with Gasteiger partial charge in [-0.15, -0.1) is 0 Å². The first-order chi connectivity index (χ1) is 5.45. The van der Waals surface area contributed by atoms with Crippen molar-refractivity contribution in [1.29, 1.82) is 0 Å². The molecule has 0 saturated heterocycles. The molecule has 0 aliphatic heterocycles. The van der Waals surface area contributed by atoms with E-state index in [1.54, 1.807) is 12.4 Å². The molecule has 1 aromatic heterocycles. The van der Waals surface area contributed by atoms with Gasteiger partial charge in [0, 0.05) is 12.3 Å². The molecule has 0 amide bonds. The predicted molar refractivity (Wildman–Crippen MR) is 41.3 cm³/mol. The number of hydrogen-bond acceptors (Lipinski definition) is 2. The quantitative estimate of drug-likeness (QED) is 0.638. The van der Waals surface area contributed by atoms with Crippen LogP contribution in [0.15, 0.2) is 18.5 Å². The smallest absolute Gasteiger partial charge is 0.138 e. The van der Waals surface area contributed by atoms with Crippen LogP contribution in [-0.2, 0) is 0 Å². The van der Waals surface area contributed by atoms with E-state index in [1.807, 2.05) is 6.07 Å². The molecule has 0 N–H and O–H groups in total. The number of nitrogens with zero attached hydrogens (tertiary/aromatic N) is 1. The summed E-state index contributed by atoms with van der Waals surface area (Å²) < 4.78 is 5.56. The average molecular weight is 148 g/mol. The summed E-state index contributed by atoms with van der Waals surface area (Å²) in [7, 11) is 0. The molecule has 0 aromatic carbocycles. The monoisotopic (exact) mass is 148 g/mol. The van der Waals surface area contributed by atoms with Gasteiger partial charge >= 0.3 is 0 Å². The van der Waals surface area contributed by atoms with Gasteiger partial charge in [0.05, 0.1) is 12.3 Å². The predicted octanol–water partition coefficient (Wildman–Crippen LogP) is 1.81. The molecule has 1 radical (unpaired) electrons. The van der Waals surface area contributed by atoms with Gasteiger partial charge in [-0.05, 0) is 25.3 Å². The molecule has 2 rings (SSSR count). The van der Waals surface area contributed by atoms with Crippen LogP contribution in [0.25, 0.3) is 0 Å². The van der Waals surface area contributed by atoms with E-state index in [0.29, 0.717) is 6.10 Å². The fourth-order valence-corrected chi connectivity index (χ4v) is 1.06. The largest absolute Gasteiger partial charge is 0.489 e. The van der Waals surface area contributed by atoms with E-state index in [2.05, 4.69) is 11.1 Å². The summed E-state index contributed by atoms with van der Waals surface area (Å²) in [4.78, 5) is 3.92. The van der Waals surface area contributed by atoms with Crippen LogP contribution in [0, 0.1) is 6.07 Å². The van der Waals surface area contributed by atoms with E-state index < -0.39 is 0 Å². The zero-order chi connectivity index (χ0) is 7.52. The molecule has 1 heterocycles. The minimum atomic E-state index is 0.438. The highest BCUT2D eigenvalue weighted by atomic mass is 16.5. The van der Waals surface area contributed by atoms with Crippen LogP contribution < -0.4 is 4.74 Å². The zero-order valence-corrected chi connectivity index (χ0v) is 6.29. The molecule has 0 unspecified atom stereocenters. The Labute approximate surface area is 66.2 Å². The highest BCUT2D eigenvalue weighted by Gasteiger charge is 2.18. The topological polar surface area (TPSA) is 22.1 Å². The van der Waals surface area contributed by atoms with Gasteiger partial charge in [0.1, 0.15) is 5.75 Å². The van der Waals surface area contributed by atoms with Crippen molar-refractivity contribution in [1.82, 2.24) is 4.98 Å². The summed E-state index contributed by atoms with van der Waals surface area (Å²) in [6, 6.07) is 4.70. The van der Waals surface area contributed by atoms with E-state index in [9.17, 15) is 0 Å². The number of ether oxygens (including phenoxy) is 1. The summed E-state index contributed by atoms with van der Waals surface area (Å²) in [5.74, 6) is 0.845. The molecule has 1 aliphatic rings. The van der Waals surface area contributed by atoms with E-state index in [0.717, 1.165) is 5.75 Å². The van der Waals surface area contributed by atoms with Crippen molar-refractivity contribution < 1.29 is 4.74 Å². The third-order valence-electron chi connectivity index (χ3n) is 1.93. The zero-order valence-electron chi connectivity index (χ0n) is 6.29. The van der Waals surface area contributed by atoms with Crippen LogP contribution >= 0.6 is 0 Å². The molecule has 11 heavy (non-hydrogen) atoms. The first-order valence-electron chi connectivity index (χ1n) is 3.93. The summed E-state index contributed by atoms with van der Waals surface area (Å²) in [5.41, 5.74) is 0. The van der Waals surface area contributed by atoms with Gasteiger partial charge in [-0.25, -0.2) is 0 Å². The number of pyridine rings is 1. The molecular weight excluding hydrogens is 138 g/mol. The number of hydrogen-bond donors (Lipinski definition) is 0. The van der Waals surface area contributed by atoms with Crippen LogP contribution in [0.3, 0.4) is 0 Å². The molecule has 0 bridgehead atoms. The highest BCUT2D eigenvalue weighted by molar-refractivity contribution is 5.15. The van der Waals surface area contributed by atoms with E-state index in [4.69, 9.17) is 4.74 Å². The third kappa shape index (κ3) is 1.50. The van der Waals surface area contributed by atoms with Crippen molar-refractivity contribution in [3.05, 3.63) is 24.5 Å². The lowest BCUT2D eigenvalue weighted by Gasteiger charge is -2.25. The van der Waals surface area contributed by atoms with Crippen molar-refractivity contribution in [2.75, 3.05) is 0 Å². The molecule has 1 aromatic rings. The Bertz CT molecular complexity index is 218. The van der Waals surface area contributed by atoms with E-state index in [-0.39, 0.29) is 0 Å². The number of aromatic nitrogens is 1. The first kappa shape index (κ1) is 6.65. The van der Waals surface area contributed by atoms with Crippen molar-refractivity contribution in [2.45, 2.75) is 25.4 Å². The van der Waals surface area contributed by atoms with Crippen molar-refractivity contribution in [3.63, 3.8) is 0 Å². The highest BCUT2D eigenvalue weighted by Crippen LogP contribution is 2.23. The standard InChI is InChI=1S/C9H10NO/c1-3-8(4-1)11-9-5-2-6-10-7-9/h5-8H,1,3-4H2. The molecular formula is C9H10NO. The normalized spacial score (nSPS) is 17.5. The summed E-state index contributed by atoms with van der Waals surface area (Å²) in [6.07, 6.45) is 7.48. The lowest BCUT2D eigenvalue weighted by molar-refractivity contribution is 0.120. The maximum Gasteiger partial charge on any atom is 0.138 e. The molecule has 2 nitrogen and oxygen atoms in total. The fourth-order valence-electron chi connectivity index (χ4n) is 1.06. The lowest BCUT2D eigenvalue weighted by atomic mass is 9.96. The maximum absolute atomic E-state index is 5.56. The van der Waals surface area contributed by atoms with Crippen molar-refractivity contribution >= 4 is 0 Å². The fraction of sp³-hybridized carbons (Fsp3) is 0.444. The third-order valence-corrected chi connectivity index (χ3v) is 1.93. The molecule has 1 fully saturated rings. The number of rotatable bonds is 2. The SMILES string of the molecule is [c]1cncc(OC2CCC2)c1. The Morgan fingerprint density at radius 1 is 1.55 bits per heavy atom. The minimum Gasteiger partial charge on any atom is -0.489 e. The molecule has 1 saturated carbocycles. The van der Waals surface area contributed by atoms with Crippen LogP contribution in [0.2, 0.25) is 0 Å². The summed E-state index contributed by atoms with van der Waals surface area (Å²) in [6.45, 7) is 0. The van der Waals surface area contributed by atoms with Gasteiger partial charge in [-0.1, -0.05) is 0 Å². The van der Waals surface area contributed by atoms with Crippen LogP contribution in [0.1, 0.15) is 19.3 Å². The van der Waals surface area contributed by atoms with Gasteiger partial charge in [0.25, 0.3) is 0 Å². The molecule has 2 heteroatoms. The van der Waals surface area contributed by atoms with E-state index >= 15 is 0 Å². The lowest BCUT2D eigenvalue weighted by Crippen LogP contribution is -2.24. The van der Waals surface area contributed by atoms with Crippen LogP contribution in [0.4, 0.5) is 0 Å². The summed E-state index contributed by atoms with van der Waals surface area (Å²) in [5, 5.41) is 0. The Morgan fingerprint density at radius 3 is 3.00 bits per heavy atom. The Kier molecular flexibility index (Phi) is 1.76. The van der Waals surface area contributed by atoms with E-state index in [1.165, 1.54) is 19.3 Å². The molecule has 0 spiro atoms. The Morgan fingerprint density at radius 2 is 2.45 bits per heavy atom. The molecule has 0 atom stereocenters. The van der Waals surface area contributed by atoms with Crippen LogP contribution in [0.5, 0.6) is 5.75 Å². The average Bonchev–Trinajstić information content (AvgIpc) is 1.99. The van der Waals surface area contributed by atoms with Crippen LogP contribution in [-0.4, -0.2) is 11.1 Å². The van der Waals surface area contributed by atoms with Gasteiger partial charge in [-0.3, -0.25) is 4.98 Å². The van der Waals surface area contributed by atoms with Crippen molar-refractivity contribution in [2.24, 2.45) is 0 Å². The summed E-state index contributed by atoms with van der Waals surface area (Å²) >= 11 is 0. The van der Waals surface area contributed by atoms with Crippen molar-refractivity contribution in [3.8, 4) is 5.75 Å². The second kappa shape index (κ2) is 2.91. The minimum absolute atomic E-state index is 0.438. The second-order valence-electron chi connectivity index (χ2n) is 2.79. The molecule has 57 valence electrons. The first-order valence-corrected chi connectivity index (χ1v) is 3.93. The maximum atomic E-state index is 5.56. The Hall–Kier alpha value is -1.05. The van der Waals surface area contributed by atoms with Gasteiger partial charge in [-0.2, -0.15) is 0 Å². The van der Waals surface area contributed by atoms with Gasteiger partial charge < -0.3 is 4.74 Å². The molecule has 1 aliphatic carbocycles.